The van der Waals surface area contributed by atoms with E-state index in [1.54, 1.807) is 13.2 Å². The Balaban J connectivity index is 0.000000572. The van der Waals surface area contributed by atoms with Gasteiger partial charge in [-0.15, -0.1) is 0 Å². The SMILES string of the molecule is CC1CC1.CNC(=O)c1c(Nc2ccc(C3CC3)cc2OC)cc(NC=O)nc1N. The molecule has 1 aromatic heterocycles. The number of nitrogens with zero attached hydrogens (tertiary/aromatic N) is 1. The highest BCUT2D eigenvalue weighted by Gasteiger charge is 2.25. The zero-order valence-corrected chi connectivity index (χ0v) is 17.6. The largest absolute Gasteiger partial charge is 0.495 e. The van der Waals surface area contributed by atoms with Crippen LogP contribution in [0.5, 0.6) is 5.75 Å². The van der Waals surface area contributed by atoms with Gasteiger partial charge in [-0.25, -0.2) is 4.98 Å². The summed E-state index contributed by atoms with van der Waals surface area (Å²) >= 11 is 0. The van der Waals surface area contributed by atoms with E-state index in [-0.39, 0.29) is 23.1 Å². The van der Waals surface area contributed by atoms with Crippen LogP contribution in [0.1, 0.15) is 54.4 Å². The molecule has 30 heavy (non-hydrogen) atoms. The topological polar surface area (TPSA) is 118 Å². The highest BCUT2D eigenvalue weighted by atomic mass is 16.5. The summed E-state index contributed by atoms with van der Waals surface area (Å²) in [5.74, 6) is 2.20. The number of methoxy groups -OCH3 is 1. The number of ether oxygens (including phenoxy) is 1. The Morgan fingerprint density at radius 1 is 1.20 bits per heavy atom. The van der Waals surface area contributed by atoms with Crippen molar-refractivity contribution in [2.45, 2.75) is 38.5 Å². The van der Waals surface area contributed by atoms with Crippen LogP contribution < -0.4 is 26.4 Å². The van der Waals surface area contributed by atoms with E-state index in [0.29, 0.717) is 29.5 Å². The number of nitrogens with one attached hydrogen (secondary N) is 3. The van der Waals surface area contributed by atoms with Gasteiger partial charge < -0.3 is 26.4 Å². The number of benzene rings is 1. The van der Waals surface area contributed by atoms with Crippen molar-refractivity contribution in [3.05, 3.63) is 35.4 Å². The van der Waals surface area contributed by atoms with E-state index < -0.39 is 0 Å². The van der Waals surface area contributed by atoms with Crippen molar-refractivity contribution in [2.24, 2.45) is 5.92 Å². The summed E-state index contributed by atoms with van der Waals surface area (Å²) < 4.78 is 5.49. The molecule has 160 valence electrons. The lowest BCUT2D eigenvalue weighted by atomic mass is 10.1. The van der Waals surface area contributed by atoms with Gasteiger partial charge >= 0.3 is 0 Å². The highest BCUT2D eigenvalue weighted by Crippen LogP contribution is 2.43. The molecule has 0 saturated heterocycles. The zero-order valence-electron chi connectivity index (χ0n) is 17.6. The minimum Gasteiger partial charge on any atom is -0.495 e. The summed E-state index contributed by atoms with van der Waals surface area (Å²) in [5, 5.41) is 8.16. The first-order valence-corrected chi connectivity index (χ1v) is 10.1. The molecule has 8 nitrogen and oxygen atoms in total. The van der Waals surface area contributed by atoms with E-state index in [2.05, 4.69) is 27.9 Å². The van der Waals surface area contributed by atoms with Gasteiger partial charge in [0.1, 0.15) is 22.9 Å². The molecule has 0 aliphatic heterocycles. The lowest BCUT2D eigenvalue weighted by Crippen LogP contribution is -2.22. The van der Waals surface area contributed by atoms with Crippen molar-refractivity contribution < 1.29 is 14.3 Å². The molecular weight excluding hydrogens is 382 g/mol. The first-order valence-electron chi connectivity index (χ1n) is 10.1. The lowest BCUT2D eigenvalue weighted by molar-refractivity contribution is -0.105. The van der Waals surface area contributed by atoms with Crippen molar-refractivity contribution in [3.8, 4) is 5.75 Å². The second-order valence-electron chi connectivity index (χ2n) is 7.70. The molecule has 2 fully saturated rings. The van der Waals surface area contributed by atoms with E-state index in [0.717, 1.165) is 5.92 Å². The summed E-state index contributed by atoms with van der Waals surface area (Å²) in [6.07, 6.45) is 5.85. The van der Waals surface area contributed by atoms with Crippen LogP contribution in [0.25, 0.3) is 0 Å². The number of rotatable bonds is 7. The van der Waals surface area contributed by atoms with Crippen molar-refractivity contribution in [1.29, 1.82) is 0 Å². The third kappa shape index (κ3) is 5.40. The molecule has 0 unspecified atom stereocenters. The van der Waals surface area contributed by atoms with E-state index in [4.69, 9.17) is 10.5 Å². The summed E-state index contributed by atoms with van der Waals surface area (Å²) in [7, 11) is 3.10. The monoisotopic (exact) mass is 411 g/mol. The fraction of sp³-hybridized carbons (Fsp3) is 0.409. The summed E-state index contributed by atoms with van der Waals surface area (Å²) in [5.41, 5.74) is 8.45. The van der Waals surface area contributed by atoms with Gasteiger partial charge in [-0.05, 0) is 42.4 Å². The Labute approximate surface area is 176 Å². The number of anilines is 4. The van der Waals surface area contributed by atoms with E-state index in [9.17, 15) is 9.59 Å². The van der Waals surface area contributed by atoms with Gasteiger partial charge in [0.25, 0.3) is 5.91 Å². The van der Waals surface area contributed by atoms with Gasteiger partial charge in [0.15, 0.2) is 0 Å². The Morgan fingerprint density at radius 3 is 2.43 bits per heavy atom. The maximum Gasteiger partial charge on any atom is 0.256 e. The third-order valence-corrected chi connectivity index (χ3v) is 5.12. The van der Waals surface area contributed by atoms with Gasteiger partial charge in [0.05, 0.1) is 18.5 Å². The molecule has 4 rings (SSSR count). The van der Waals surface area contributed by atoms with Crippen LogP contribution in [0.15, 0.2) is 24.3 Å². The fourth-order valence-corrected chi connectivity index (χ4v) is 2.95. The summed E-state index contributed by atoms with van der Waals surface area (Å²) in [4.78, 5) is 27.0. The van der Waals surface area contributed by atoms with Crippen molar-refractivity contribution in [3.63, 3.8) is 0 Å². The standard InChI is InChI=1S/C18H21N5O3.C4H8/c1-20-18(25)16-13(8-15(21-9-24)23-17(16)19)22-12-6-5-11(10-3-4-10)7-14(12)26-2;1-4-2-3-4/h5-10H,3-4H2,1-2H3,(H,20,25)(H4,19,21,22,23,24);4H,2-3H2,1H3. The number of aromatic nitrogens is 1. The molecular formula is C22H29N5O3. The average molecular weight is 412 g/mol. The maximum absolute atomic E-state index is 12.2. The minimum atomic E-state index is -0.385. The molecule has 2 aromatic rings. The Bertz CT molecular complexity index is 923. The van der Waals surface area contributed by atoms with Gasteiger partial charge in [-0.1, -0.05) is 25.8 Å². The van der Waals surface area contributed by atoms with E-state index >= 15 is 0 Å². The number of hydrogen-bond acceptors (Lipinski definition) is 6. The fourth-order valence-electron chi connectivity index (χ4n) is 2.95. The molecule has 0 spiro atoms. The van der Waals surface area contributed by atoms with Crippen LogP contribution in [0, 0.1) is 5.92 Å². The van der Waals surface area contributed by atoms with Gasteiger partial charge in [0, 0.05) is 13.1 Å². The molecule has 0 radical (unpaired) electrons. The number of carbonyl (C=O) groups excluding carboxylic acids is 2. The number of pyridine rings is 1. The molecule has 0 bridgehead atoms. The van der Waals surface area contributed by atoms with E-state index in [1.165, 1.54) is 38.3 Å². The van der Waals surface area contributed by atoms with Crippen LogP contribution in [-0.2, 0) is 4.79 Å². The lowest BCUT2D eigenvalue weighted by Gasteiger charge is -2.17. The minimum absolute atomic E-state index is 0.00673. The van der Waals surface area contributed by atoms with Crippen LogP contribution in [0.4, 0.5) is 23.0 Å². The second kappa shape index (κ2) is 9.47. The second-order valence-corrected chi connectivity index (χ2v) is 7.70. The summed E-state index contributed by atoms with van der Waals surface area (Å²) in [6, 6.07) is 7.49. The van der Waals surface area contributed by atoms with Gasteiger partial charge in [-0.2, -0.15) is 0 Å². The average Bonchev–Trinajstić information content (AvgIpc) is 3.65. The molecule has 2 saturated carbocycles. The number of nitrogen functional groups attached to an aromatic ring is 1. The first kappa shape index (κ1) is 21.4. The Morgan fingerprint density at radius 2 is 1.90 bits per heavy atom. The molecule has 2 aliphatic carbocycles. The number of nitrogens with two attached hydrogens (primary N) is 1. The smallest absolute Gasteiger partial charge is 0.256 e. The zero-order chi connectivity index (χ0) is 21.7. The number of carbonyl (C=O) groups is 2. The predicted molar refractivity (Wildman–Crippen MR) is 118 cm³/mol. The first-order chi connectivity index (χ1) is 14.5. The van der Waals surface area contributed by atoms with Crippen LogP contribution in [0.3, 0.4) is 0 Å². The van der Waals surface area contributed by atoms with Crippen LogP contribution in [0.2, 0.25) is 0 Å². The molecule has 1 heterocycles. The molecule has 2 aliphatic rings. The van der Waals surface area contributed by atoms with E-state index in [1.807, 2.05) is 18.2 Å². The molecule has 5 N–H and O–H groups in total. The Hall–Kier alpha value is -3.29. The maximum atomic E-state index is 12.2. The van der Waals surface area contributed by atoms with Gasteiger partial charge in [0.2, 0.25) is 6.41 Å². The molecule has 1 aromatic carbocycles. The number of amides is 2. The molecule has 8 heteroatoms. The molecule has 0 atom stereocenters. The highest BCUT2D eigenvalue weighted by molar-refractivity contribution is 6.05. The van der Waals surface area contributed by atoms with Crippen molar-refractivity contribution in [1.82, 2.24) is 10.3 Å². The van der Waals surface area contributed by atoms with Gasteiger partial charge in [-0.3, -0.25) is 9.59 Å². The summed E-state index contributed by atoms with van der Waals surface area (Å²) in [6.45, 7) is 2.28. The normalized spacial score (nSPS) is 14.8. The Kier molecular flexibility index (Phi) is 6.76. The number of hydrogen-bond donors (Lipinski definition) is 4. The molecule has 2 amide bonds. The van der Waals surface area contributed by atoms with Crippen LogP contribution >= 0.6 is 0 Å². The van der Waals surface area contributed by atoms with Crippen molar-refractivity contribution in [2.75, 3.05) is 30.5 Å². The van der Waals surface area contributed by atoms with Crippen molar-refractivity contribution >= 4 is 35.3 Å². The van der Waals surface area contributed by atoms with Crippen LogP contribution in [-0.4, -0.2) is 31.5 Å². The third-order valence-electron chi connectivity index (χ3n) is 5.12. The quantitative estimate of drug-likeness (QED) is 0.517. The predicted octanol–water partition coefficient (Wildman–Crippen LogP) is 3.64.